The molecule has 3 N–H and O–H groups in total. The van der Waals surface area contributed by atoms with E-state index in [1.807, 2.05) is 0 Å². The monoisotopic (exact) mass is 532 g/mol. The molecule has 0 aromatic carbocycles. The molecule has 0 radical (unpaired) electrons. The molecular formula is C26H50N2Na2O6. The molecule has 0 spiro atoms. The molecule has 0 bridgehead atoms. The van der Waals surface area contributed by atoms with Crippen LogP contribution in [0.2, 0.25) is 0 Å². The Morgan fingerprint density at radius 1 is 0.694 bits per heavy atom. The van der Waals surface area contributed by atoms with Crippen LogP contribution in [0.5, 0.6) is 0 Å². The van der Waals surface area contributed by atoms with Crippen LogP contribution in [-0.4, -0.2) is 82.3 Å². The van der Waals surface area contributed by atoms with Crippen LogP contribution in [0, 0.1) is 0 Å². The normalized spacial score (nSPS) is 10.8. The van der Waals surface area contributed by atoms with Crippen molar-refractivity contribution >= 4 is 17.8 Å². The fourth-order valence-electron chi connectivity index (χ4n) is 3.85. The number of unbranched alkanes of at least 4 members (excludes halogenated alkanes) is 11. The number of aliphatic hydroxyl groups excluding tert-OH is 1. The van der Waals surface area contributed by atoms with Crippen molar-refractivity contribution in [2.45, 2.75) is 96.8 Å². The zero-order valence-corrected chi connectivity index (χ0v) is 27.3. The molecule has 0 atom stereocenters. The maximum atomic E-state index is 12.5. The van der Waals surface area contributed by atoms with Crippen molar-refractivity contribution in [2.75, 3.05) is 39.3 Å². The molecule has 0 aliphatic rings. The van der Waals surface area contributed by atoms with Gasteiger partial charge in [0.2, 0.25) is 5.91 Å². The van der Waals surface area contributed by atoms with E-state index in [4.69, 9.17) is 10.2 Å². The molecule has 10 heteroatoms. The van der Waals surface area contributed by atoms with Crippen LogP contribution in [-0.2, 0) is 14.4 Å². The third-order valence-corrected chi connectivity index (χ3v) is 5.78. The van der Waals surface area contributed by atoms with Gasteiger partial charge in [-0.15, -0.1) is 0 Å². The van der Waals surface area contributed by atoms with E-state index in [9.17, 15) is 19.5 Å². The molecule has 0 aliphatic heterocycles. The Kier molecular flexibility index (Phi) is 33.4. The number of carbonyl (C=O) groups excluding carboxylic acids is 1. The molecule has 0 heterocycles. The van der Waals surface area contributed by atoms with Crippen molar-refractivity contribution in [3.63, 3.8) is 0 Å². The van der Waals surface area contributed by atoms with Crippen molar-refractivity contribution in [3.05, 3.63) is 12.2 Å². The van der Waals surface area contributed by atoms with Crippen molar-refractivity contribution in [3.8, 4) is 0 Å². The third kappa shape index (κ3) is 27.1. The van der Waals surface area contributed by atoms with Gasteiger partial charge in [-0.05, 0) is 32.1 Å². The number of amides is 1. The number of allylic oxidation sites excluding steroid dienone is 2. The Morgan fingerprint density at radius 3 is 1.64 bits per heavy atom. The molecule has 0 saturated heterocycles. The van der Waals surface area contributed by atoms with Gasteiger partial charge in [0, 0.05) is 26.1 Å². The zero-order chi connectivity index (χ0) is 25.4. The Hall–Kier alpha value is 0.0700. The number of aliphatic hydroxyl groups is 1. The van der Waals surface area contributed by atoms with Gasteiger partial charge >= 0.3 is 71.1 Å². The first-order valence-corrected chi connectivity index (χ1v) is 13.1. The Balaban J connectivity index is -0.000000907. The molecule has 0 saturated carbocycles. The van der Waals surface area contributed by atoms with Gasteiger partial charge in [0.25, 0.3) is 0 Å². The van der Waals surface area contributed by atoms with E-state index in [1.165, 1.54) is 61.2 Å². The second-order valence-corrected chi connectivity index (χ2v) is 8.94. The van der Waals surface area contributed by atoms with Crippen molar-refractivity contribution in [1.82, 2.24) is 9.80 Å². The van der Waals surface area contributed by atoms with E-state index < -0.39 is 25.0 Å². The van der Waals surface area contributed by atoms with Crippen molar-refractivity contribution < 1.29 is 91.7 Å². The summed E-state index contributed by atoms with van der Waals surface area (Å²) in [4.78, 5) is 37.0. The van der Waals surface area contributed by atoms with Gasteiger partial charge in [-0.3, -0.25) is 19.3 Å². The predicted molar refractivity (Wildman–Crippen MR) is 137 cm³/mol. The maximum absolute atomic E-state index is 12.5. The molecule has 36 heavy (non-hydrogen) atoms. The van der Waals surface area contributed by atoms with E-state index >= 15 is 0 Å². The van der Waals surface area contributed by atoms with Gasteiger partial charge in [-0.1, -0.05) is 70.4 Å². The minimum absolute atomic E-state index is 0. The first-order chi connectivity index (χ1) is 16.4. The van der Waals surface area contributed by atoms with Crippen LogP contribution in [0.1, 0.15) is 99.7 Å². The molecule has 0 aromatic rings. The van der Waals surface area contributed by atoms with Crippen LogP contribution in [0.3, 0.4) is 0 Å². The van der Waals surface area contributed by atoms with Crippen LogP contribution >= 0.6 is 0 Å². The van der Waals surface area contributed by atoms with E-state index in [-0.39, 0.29) is 94.1 Å². The molecule has 0 rings (SSSR count). The predicted octanol–water partition coefficient (Wildman–Crippen LogP) is -1.45. The number of carboxylic acid groups (broad SMARTS) is 2. The summed E-state index contributed by atoms with van der Waals surface area (Å²) in [6.45, 7) is 1.75. The standard InChI is InChI=1S/C26H48N2O6.2Na.2H/c1-2-3-4-5-6-7-8-9-10-11-12-13-14-15-16-17-24(30)28(20-21-29)19-18-27(22-25(31)32)23-26(33)34;;;;/h9-10,29H,2-8,11-23H2,1H3,(H,31,32)(H,33,34);;;;/q;2*+1;2*-1/b10-9-;;;;. The van der Waals surface area contributed by atoms with Gasteiger partial charge in [0.1, 0.15) is 0 Å². The van der Waals surface area contributed by atoms with Gasteiger partial charge in [-0.25, -0.2) is 0 Å². The molecule has 202 valence electrons. The molecule has 1 amide bonds. The molecule has 8 nitrogen and oxygen atoms in total. The summed E-state index contributed by atoms with van der Waals surface area (Å²) in [7, 11) is 0. The summed E-state index contributed by atoms with van der Waals surface area (Å²) >= 11 is 0. The van der Waals surface area contributed by atoms with Crippen molar-refractivity contribution in [1.29, 1.82) is 0 Å². The van der Waals surface area contributed by atoms with Gasteiger partial charge in [0.15, 0.2) is 0 Å². The van der Waals surface area contributed by atoms with Crippen LogP contribution in [0.25, 0.3) is 0 Å². The maximum Gasteiger partial charge on any atom is 1.00 e. The summed E-state index contributed by atoms with van der Waals surface area (Å²) < 4.78 is 0. The second kappa shape index (κ2) is 29.6. The first-order valence-electron chi connectivity index (χ1n) is 13.1. The van der Waals surface area contributed by atoms with Crippen LogP contribution < -0.4 is 59.1 Å². The topological polar surface area (TPSA) is 118 Å². The Labute approximate surface area is 265 Å². The third-order valence-electron chi connectivity index (χ3n) is 5.78. The average molecular weight is 533 g/mol. The number of nitrogens with zero attached hydrogens (tertiary/aromatic N) is 2. The fraction of sp³-hybridized carbons (Fsp3) is 0.808. The zero-order valence-electron chi connectivity index (χ0n) is 25.3. The summed E-state index contributed by atoms with van der Waals surface area (Å²) in [5.74, 6) is -2.32. The van der Waals surface area contributed by atoms with Crippen molar-refractivity contribution in [2.24, 2.45) is 0 Å². The molecule has 0 unspecified atom stereocenters. The molecule has 0 aromatic heterocycles. The summed E-state index contributed by atoms with van der Waals surface area (Å²) in [6.07, 6.45) is 20.4. The fourth-order valence-corrected chi connectivity index (χ4v) is 3.85. The average Bonchev–Trinajstić information content (AvgIpc) is 2.78. The summed E-state index contributed by atoms with van der Waals surface area (Å²) in [5.41, 5.74) is 0. The molecule has 0 aliphatic carbocycles. The first kappa shape index (κ1) is 40.6. The minimum Gasteiger partial charge on any atom is -1.00 e. The number of carbonyl (C=O) groups is 3. The van der Waals surface area contributed by atoms with Gasteiger partial charge in [0.05, 0.1) is 19.7 Å². The summed E-state index contributed by atoms with van der Waals surface area (Å²) in [6, 6.07) is 0. The van der Waals surface area contributed by atoms with E-state index in [1.54, 1.807) is 0 Å². The Bertz CT molecular complexity index is 574. The number of aliphatic carboxylic acids is 2. The number of carboxylic acids is 2. The van der Waals surface area contributed by atoms with Gasteiger partial charge < -0.3 is 23.1 Å². The number of hydrogen-bond donors (Lipinski definition) is 3. The smallest absolute Gasteiger partial charge is 1.00 e. The van der Waals surface area contributed by atoms with E-state index in [0.717, 1.165) is 32.1 Å². The minimum atomic E-state index is -1.12. The van der Waals surface area contributed by atoms with Gasteiger partial charge in [-0.2, -0.15) is 0 Å². The van der Waals surface area contributed by atoms with Crippen LogP contribution in [0.15, 0.2) is 12.2 Å². The SMILES string of the molecule is CCCCCCCC/C=C\CCCCCCCC(=O)N(CCO)CCN(CC(=O)O)CC(=O)O.[H-].[H-].[Na+].[Na+]. The largest absolute Gasteiger partial charge is 1.00 e. The Morgan fingerprint density at radius 2 is 1.17 bits per heavy atom. The molecular weight excluding hydrogens is 482 g/mol. The summed E-state index contributed by atoms with van der Waals surface area (Å²) in [5, 5.41) is 27.1. The number of hydrogen-bond acceptors (Lipinski definition) is 5. The quantitative estimate of drug-likeness (QED) is 0.0791. The number of rotatable bonds is 24. The second-order valence-electron chi connectivity index (χ2n) is 8.94. The van der Waals surface area contributed by atoms with E-state index in [2.05, 4.69) is 19.1 Å². The van der Waals surface area contributed by atoms with Crippen LogP contribution in [0.4, 0.5) is 0 Å². The molecule has 0 fully saturated rings. The van der Waals surface area contributed by atoms with E-state index in [0.29, 0.717) is 6.42 Å².